The zero-order valence-electron chi connectivity index (χ0n) is 18.1. The molecule has 0 saturated carbocycles. The van der Waals surface area contributed by atoms with E-state index in [4.69, 9.17) is 4.74 Å². The first-order valence-corrected chi connectivity index (χ1v) is 10.6. The molecule has 1 nitrogen and oxygen atoms in total. The Hall–Kier alpha value is -2.89. The highest BCUT2D eigenvalue weighted by molar-refractivity contribution is 5.32. The summed E-state index contributed by atoms with van der Waals surface area (Å²) in [5.74, 6) is -3.18. The molecule has 0 aliphatic heterocycles. The molecule has 6 heteroatoms. The predicted octanol–water partition coefficient (Wildman–Crippen LogP) is 6.91. The Morgan fingerprint density at radius 3 is 1.44 bits per heavy atom. The van der Waals surface area contributed by atoms with Crippen LogP contribution in [0.5, 0.6) is 5.75 Å². The SMILES string of the molecule is CCCc1cc(F)c(CCc2cc(F)c(CCc3ccc(OC)c(F)c3)c(F)c2)c(F)c1. The van der Waals surface area contributed by atoms with Crippen molar-refractivity contribution >= 4 is 0 Å². The number of rotatable bonds is 9. The first-order chi connectivity index (χ1) is 15.3. The summed E-state index contributed by atoms with van der Waals surface area (Å²) in [5.41, 5.74) is 1.30. The second kappa shape index (κ2) is 10.6. The van der Waals surface area contributed by atoms with Crippen LogP contribution in [0.2, 0.25) is 0 Å². The molecule has 0 N–H and O–H groups in total. The average Bonchev–Trinajstić information content (AvgIpc) is 2.73. The number of hydrogen-bond donors (Lipinski definition) is 0. The summed E-state index contributed by atoms with van der Waals surface area (Å²) in [4.78, 5) is 0. The van der Waals surface area contributed by atoms with E-state index in [1.165, 1.54) is 43.5 Å². The molecule has 0 radical (unpaired) electrons. The molecule has 0 spiro atoms. The van der Waals surface area contributed by atoms with Gasteiger partial charge in [-0.05, 0) is 85.2 Å². The van der Waals surface area contributed by atoms with Gasteiger partial charge < -0.3 is 4.74 Å². The van der Waals surface area contributed by atoms with Gasteiger partial charge in [-0.25, -0.2) is 22.0 Å². The van der Waals surface area contributed by atoms with E-state index in [1.54, 1.807) is 6.07 Å². The Bertz CT molecular complexity index is 1050. The maximum absolute atomic E-state index is 14.6. The van der Waals surface area contributed by atoms with Crippen molar-refractivity contribution in [1.82, 2.24) is 0 Å². The number of halogens is 5. The first kappa shape index (κ1) is 23.8. The van der Waals surface area contributed by atoms with E-state index in [0.29, 0.717) is 23.1 Å². The molecule has 0 bridgehead atoms. The molecule has 0 amide bonds. The smallest absolute Gasteiger partial charge is 0.165 e. The highest BCUT2D eigenvalue weighted by atomic mass is 19.1. The monoisotopic (exact) mass is 448 g/mol. The van der Waals surface area contributed by atoms with Crippen molar-refractivity contribution in [1.29, 1.82) is 0 Å². The molecule has 0 aliphatic carbocycles. The van der Waals surface area contributed by atoms with Crippen LogP contribution in [-0.4, -0.2) is 7.11 Å². The summed E-state index contributed by atoms with van der Waals surface area (Å²) < 4.78 is 76.3. The normalized spacial score (nSPS) is 11.1. The number of aryl methyl sites for hydroxylation is 3. The number of methoxy groups -OCH3 is 1. The van der Waals surface area contributed by atoms with Crippen LogP contribution in [0.15, 0.2) is 42.5 Å². The highest BCUT2D eigenvalue weighted by Crippen LogP contribution is 2.23. The standard InChI is InChI=1S/C26H25F5O/c1-3-4-17-12-21(27)20(22(28)13-17)9-6-18-14-23(29)19(24(30)15-18)8-5-16-7-10-26(32-2)25(31)11-16/h7,10-15H,3-6,8-9H2,1-2H3. The van der Waals surface area contributed by atoms with Gasteiger partial charge in [0.05, 0.1) is 7.11 Å². The molecular formula is C26H25F5O. The zero-order valence-corrected chi connectivity index (χ0v) is 18.1. The van der Waals surface area contributed by atoms with Gasteiger partial charge in [0.2, 0.25) is 0 Å². The van der Waals surface area contributed by atoms with Crippen molar-refractivity contribution in [3.05, 3.63) is 99.4 Å². The molecule has 3 aromatic carbocycles. The highest BCUT2D eigenvalue weighted by Gasteiger charge is 2.15. The Morgan fingerprint density at radius 1 is 0.562 bits per heavy atom. The molecule has 0 fully saturated rings. The minimum atomic E-state index is -0.728. The van der Waals surface area contributed by atoms with Crippen LogP contribution in [-0.2, 0) is 32.1 Å². The second-order valence-electron chi connectivity index (χ2n) is 7.79. The van der Waals surface area contributed by atoms with Gasteiger partial charge in [0, 0.05) is 11.1 Å². The van der Waals surface area contributed by atoms with E-state index in [1.807, 2.05) is 6.92 Å². The van der Waals surface area contributed by atoms with Crippen LogP contribution in [0.4, 0.5) is 22.0 Å². The number of hydrogen-bond acceptors (Lipinski definition) is 1. The lowest BCUT2D eigenvalue weighted by atomic mass is 9.97. The van der Waals surface area contributed by atoms with E-state index >= 15 is 0 Å². The Labute approximate surface area is 184 Å². The maximum atomic E-state index is 14.6. The molecule has 170 valence electrons. The van der Waals surface area contributed by atoms with Crippen LogP contribution < -0.4 is 4.74 Å². The van der Waals surface area contributed by atoms with Gasteiger partial charge in [-0.2, -0.15) is 0 Å². The fourth-order valence-electron chi connectivity index (χ4n) is 3.77. The van der Waals surface area contributed by atoms with Gasteiger partial charge in [-0.3, -0.25) is 0 Å². The van der Waals surface area contributed by atoms with Gasteiger partial charge in [-0.1, -0.05) is 19.4 Å². The molecule has 32 heavy (non-hydrogen) atoms. The van der Waals surface area contributed by atoms with Crippen molar-refractivity contribution in [2.75, 3.05) is 7.11 Å². The summed E-state index contributed by atoms with van der Waals surface area (Å²) in [5, 5.41) is 0. The van der Waals surface area contributed by atoms with Crippen LogP contribution in [0.25, 0.3) is 0 Å². The molecule has 3 aromatic rings. The largest absolute Gasteiger partial charge is 0.494 e. The lowest BCUT2D eigenvalue weighted by molar-refractivity contribution is 0.386. The minimum absolute atomic E-state index is 0.00652. The summed E-state index contributed by atoms with van der Waals surface area (Å²) in [7, 11) is 1.36. The van der Waals surface area contributed by atoms with Crippen molar-refractivity contribution in [3.63, 3.8) is 0 Å². The van der Waals surface area contributed by atoms with E-state index in [2.05, 4.69) is 0 Å². The molecule has 0 aliphatic rings. The third-order valence-corrected chi connectivity index (χ3v) is 5.48. The van der Waals surface area contributed by atoms with E-state index < -0.39 is 29.1 Å². The molecule has 0 aromatic heterocycles. The first-order valence-electron chi connectivity index (χ1n) is 10.6. The lowest BCUT2D eigenvalue weighted by Gasteiger charge is -2.11. The van der Waals surface area contributed by atoms with Crippen molar-refractivity contribution in [2.45, 2.75) is 45.4 Å². The van der Waals surface area contributed by atoms with Gasteiger partial charge in [0.1, 0.15) is 23.3 Å². The maximum Gasteiger partial charge on any atom is 0.165 e. The van der Waals surface area contributed by atoms with E-state index in [9.17, 15) is 22.0 Å². The van der Waals surface area contributed by atoms with Crippen molar-refractivity contribution in [2.24, 2.45) is 0 Å². The van der Waals surface area contributed by atoms with Gasteiger partial charge >= 0.3 is 0 Å². The van der Waals surface area contributed by atoms with Gasteiger partial charge in [-0.15, -0.1) is 0 Å². The topological polar surface area (TPSA) is 9.23 Å². The second-order valence-corrected chi connectivity index (χ2v) is 7.79. The Balaban J connectivity index is 1.69. The van der Waals surface area contributed by atoms with Crippen LogP contribution >= 0.6 is 0 Å². The number of benzene rings is 3. The average molecular weight is 448 g/mol. The predicted molar refractivity (Wildman–Crippen MR) is 114 cm³/mol. The molecule has 3 rings (SSSR count). The Kier molecular flexibility index (Phi) is 7.89. The van der Waals surface area contributed by atoms with Crippen LogP contribution in [0.1, 0.15) is 41.2 Å². The van der Waals surface area contributed by atoms with E-state index in [0.717, 1.165) is 6.42 Å². The molecule has 0 unspecified atom stereocenters. The number of ether oxygens (including phenoxy) is 1. The van der Waals surface area contributed by atoms with Crippen molar-refractivity contribution < 1.29 is 26.7 Å². The summed E-state index contributed by atoms with van der Waals surface area (Å²) in [6.07, 6.45) is 1.73. The Morgan fingerprint density at radius 2 is 1.00 bits per heavy atom. The molecule has 0 saturated heterocycles. The molecular weight excluding hydrogens is 423 g/mol. The minimum Gasteiger partial charge on any atom is -0.494 e. The summed E-state index contributed by atoms with van der Waals surface area (Å²) >= 11 is 0. The third kappa shape index (κ3) is 5.67. The quantitative estimate of drug-likeness (QED) is 0.323. The molecule has 0 heterocycles. The summed E-state index contributed by atoms with van der Waals surface area (Å²) in [6, 6.07) is 9.39. The van der Waals surface area contributed by atoms with Gasteiger partial charge in [0.15, 0.2) is 11.6 Å². The zero-order chi connectivity index (χ0) is 23.3. The van der Waals surface area contributed by atoms with E-state index in [-0.39, 0.29) is 42.6 Å². The van der Waals surface area contributed by atoms with Crippen LogP contribution in [0.3, 0.4) is 0 Å². The molecule has 0 atom stereocenters. The third-order valence-electron chi connectivity index (χ3n) is 5.48. The fourth-order valence-corrected chi connectivity index (χ4v) is 3.77. The van der Waals surface area contributed by atoms with Crippen molar-refractivity contribution in [3.8, 4) is 5.75 Å². The van der Waals surface area contributed by atoms with Gasteiger partial charge in [0.25, 0.3) is 0 Å². The lowest BCUT2D eigenvalue weighted by Crippen LogP contribution is -2.04. The van der Waals surface area contributed by atoms with Crippen LogP contribution in [0, 0.1) is 29.1 Å². The summed E-state index contributed by atoms with van der Waals surface area (Å²) in [6.45, 7) is 1.92. The fraction of sp³-hybridized carbons (Fsp3) is 0.308.